The number of nitrogens with zero attached hydrogens (tertiary/aromatic N) is 1. The Balaban J connectivity index is 2.49. The molecule has 1 saturated heterocycles. The van der Waals surface area contributed by atoms with Crippen molar-refractivity contribution in [2.24, 2.45) is 5.92 Å². The number of hydrogen-bond donors (Lipinski definition) is 0. The molecule has 0 aliphatic carbocycles. The zero-order valence-corrected chi connectivity index (χ0v) is 14.5. The van der Waals surface area contributed by atoms with Gasteiger partial charge < -0.3 is 0 Å². The highest BCUT2D eigenvalue weighted by atomic mass is 79.9. The summed E-state index contributed by atoms with van der Waals surface area (Å²) in [5.74, 6) is -0.364. The first-order chi connectivity index (χ1) is 9.27. The van der Waals surface area contributed by atoms with Crippen LogP contribution in [0.1, 0.15) is 19.8 Å². The van der Waals surface area contributed by atoms with E-state index in [9.17, 15) is 13.2 Å². The zero-order valence-electron chi connectivity index (χ0n) is 10.6. The maximum atomic E-state index is 12.6. The van der Waals surface area contributed by atoms with Crippen LogP contribution in [-0.2, 0) is 14.8 Å². The van der Waals surface area contributed by atoms with Gasteiger partial charge in [-0.1, -0.05) is 52.5 Å². The molecule has 0 radical (unpaired) electrons. The second-order valence-corrected chi connectivity index (χ2v) is 8.14. The van der Waals surface area contributed by atoms with Crippen LogP contribution in [0.25, 0.3) is 0 Å². The first kappa shape index (κ1) is 16.1. The molecule has 1 unspecified atom stereocenters. The quantitative estimate of drug-likeness (QED) is 0.777. The minimum absolute atomic E-state index is 0.00266. The monoisotopic (exact) mass is 399 g/mol. The van der Waals surface area contributed by atoms with Crippen LogP contribution < -0.4 is 0 Å². The smallest absolute Gasteiger partial charge is 0.269 e. The van der Waals surface area contributed by atoms with E-state index in [2.05, 4.69) is 15.9 Å². The molecule has 1 amide bonds. The van der Waals surface area contributed by atoms with Crippen molar-refractivity contribution >= 4 is 55.1 Å². The largest absolute Gasteiger partial charge is 0.274 e. The molecule has 2 rings (SSSR count). The van der Waals surface area contributed by atoms with E-state index in [0.29, 0.717) is 4.47 Å². The molecule has 1 fully saturated rings. The van der Waals surface area contributed by atoms with Gasteiger partial charge in [0, 0.05) is 17.4 Å². The Morgan fingerprint density at radius 2 is 1.90 bits per heavy atom. The van der Waals surface area contributed by atoms with E-state index in [1.165, 1.54) is 12.1 Å². The Labute approximate surface area is 136 Å². The molecule has 4 nitrogen and oxygen atoms in total. The molecule has 0 aromatic heterocycles. The predicted molar refractivity (Wildman–Crippen MR) is 81.5 cm³/mol. The van der Waals surface area contributed by atoms with Gasteiger partial charge >= 0.3 is 0 Å². The fourth-order valence-corrected chi connectivity index (χ4v) is 5.52. The second-order valence-electron chi connectivity index (χ2n) is 4.61. The summed E-state index contributed by atoms with van der Waals surface area (Å²) in [6, 6.07) is 2.89. The van der Waals surface area contributed by atoms with Crippen molar-refractivity contribution in [2.75, 3.05) is 6.54 Å². The summed E-state index contributed by atoms with van der Waals surface area (Å²) >= 11 is 15.2. The maximum absolute atomic E-state index is 12.6. The van der Waals surface area contributed by atoms with Gasteiger partial charge in [0.05, 0.1) is 10.0 Å². The summed E-state index contributed by atoms with van der Waals surface area (Å²) < 4.78 is 26.6. The number of rotatable bonds is 3. The van der Waals surface area contributed by atoms with Crippen LogP contribution in [0.2, 0.25) is 10.0 Å². The van der Waals surface area contributed by atoms with Gasteiger partial charge in [-0.25, -0.2) is 12.7 Å². The van der Waals surface area contributed by atoms with Gasteiger partial charge in [-0.05, 0) is 18.1 Å². The summed E-state index contributed by atoms with van der Waals surface area (Å²) in [7, 11) is -4.01. The van der Waals surface area contributed by atoms with Crippen molar-refractivity contribution in [3.05, 3.63) is 26.7 Å². The number of sulfonamides is 1. The third-order valence-electron chi connectivity index (χ3n) is 3.25. The number of amides is 1. The van der Waals surface area contributed by atoms with Crippen molar-refractivity contribution in [1.82, 2.24) is 4.31 Å². The third kappa shape index (κ3) is 2.84. The Morgan fingerprint density at radius 1 is 1.35 bits per heavy atom. The summed E-state index contributed by atoms with van der Waals surface area (Å²) in [4.78, 5) is 11.7. The Kier molecular flexibility index (Phi) is 4.69. The standard InChI is InChI=1S/C12H12BrCl2NO3S/c1-2-7-3-11(17)16(6-7)20(18,19)12-9(14)4-8(13)5-10(12)15/h4-5,7H,2-3,6H2,1H3. The Hall–Kier alpha value is -0.300. The summed E-state index contributed by atoms with van der Waals surface area (Å²) in [6.07, 6.45) is 0.987. The van der Waals surface area contributed by atoms with E-state index >= 15 is 0 Å². The molecule has 0 spiro atoms. The first-order valence-electron chi connectivity index (χ1n) is 5.97. The lowest BCUT2D eigenvalue weighted by atomic mass is 10.1. The molecule has 1 aliphatic rings. The Morgan fingerprint density at radius 3 is 2.35 bits per heavy atom. The molecule has 20 heavy (non-hydrogen) atoms. The lowest BCUT2D eigenvalue weighted by Gasteiger charge is -2.18. The lowest BCUT2D eigenvalue weighted by Crippen LogP contribution is -2.32. The molecule has 110 valence electrons. The molecule has 0 bridgehead atoms. The van der Waals surface area contributed by atoms with Gasteiger partial charge in [0.15, 0.2) is 0 Å². The third-order valence-corrected chi connectivity index (χ3v) is 6.42. The Bertz CT molecular complexity index is 640. The van der Waals surface area contributed by atoms with Crippen molar-refractivity contribution in [3.63, 3.8) is 0 Å². The van der Waals surface area contributed by atoms with Crippen LogP contribution in [0.3, 0.4) is 0 Å². The number of halogens is 3. The topological polar surface area (TPSA) is 54.5 Å². The minimum atomic E-state index is -4.01. The zero-order chi connectivity index (χ0) is 15.1. The van der Waals surface area contributed by atoms with Crippen molar-refractivity contribution in [3.8, 4) is 0 Å². The van der Waals surface area contributed by atoms with Gasteiger partial charge in [-0.3, -0.25) is 4.79 Å². The highest BCUT2D eigenvalue weighted by molar-refractivity contribution is 9.10. The molecule has 1 aromatic carbocycles. The first-order valence-corrected chi connectivity index (χ1v) is 8.96. The summed E-state index contributed by atoms with van der Waals surface area (Å²) in [5, 5.41) is -0.00533. The average Bonchev–Trinajstić information content (AvgIpc) is 2.69. The highest BCUT2D eigenvalue weighted by Gasteiger charge is 2.39. The molecule has 8 heteroatoms. The molecule has 1 aromatic rings. The van der Waals surface area contributed by atoms with Crippen LogP contribution in [0.4, 0.5) is 0 Å². The normalized spacial score (nSPS) is 19.7. The van der Waals surface area contributed by atoms with Gasteiger partial charge in [-0.15, -0.1) is 0 Å². The van der Waals surface area contributed by atoms with Gasteiger partial charge in [0.1, 0.15) is 4.90 Å². The molecule has 1 heterocycles. The fraction of sp³-hybridized carbons (Fsp3) is 0.417. The SMILES string of the molecule is CCC1CC(=O)N(S(=O)(=O)c2c(Cl)cc(Br)cc2Cl)C1. The summed E-state index contributed by atoms with van der Waals surface area (Å²) in [5.41, 5.74) is 0. The molecule has 1 atom stereocenters. The van der Waals surface area contributed by atoms with Crippen molar-refractivity contribution in [2.45, 2.75) is 24.7 Å². The maximum Gasteiger partial charge on any atom is 0.269 e. The average molecular weight is 401 g/mol. The molecule has 0 N–H and O–H groups in total. The van der Waals surface area contributed by atoms with Crippen molar-refractivity contribution in [1.29, 1.82) is 0 Å². The highest BCUT2D eigenvalue weighted by Crippen LogP contribution is 2.36. The molecular formula is C12H12BrCl2NO3S. The van der Waals surface area contributed by atoms with Gasteiger partial charge in [-0.2, -0.15) is 0 Å². The minimum Gasteiger partial charge on any atom is -0.274 e. The number of carbonyl (C=O) groups is 1. The summed E-state index contributed by atoms with van der Waals surface area (Å²) in [6.45, 7) is 2.11. The van der Waals surface area contributed by atoms with E-state index in [1.807, 2.05) is 6.92 Å². The molecule has 1 aliphatic heterocycles. The lowest BCUT2D eigenvalue weighted by molar-refractivity contribution is -0.123. The van der Waals surface area contributed by atoms with E-state index in [0.717, 1.165) is 10.7 Å². The second kappa shape index (κ2) is 5.83. The molecular weight excluding hydrogens is 389 g/mol. The van der Waals surface area contributed by atoms with E-state index in [1.54, 1.807) is 0 Å². The van der Waals surface area contributed by atoms with E-state index in [-0.39, 0.29) is 33.8 Å². The predicted octanol–water partition coefficient (Wildman–Crippen LogP) is 3.70. The number of carbonyl (C=O) groups excluding carboxylic acids is 1. The molecule has 0 saturated carbocycles. The van der Waals surface area contributed by atoms with Crippen molar-refractivity contribution < 1.29 is 13.2 Å². The van der Waals surface area contributed by atoms with Gasteiger partial charge in [0.2, 0.25) is 5.91 Å². The fourth-order valence-electron chi connectivity index (χ4n) is 2.14. The van der Waals surface area contributed by atoms with E-state index < -0.39 is 15.9 Å². The number of hydrogen-bond acceptors (Lipinski definition) is 3. The van der Waals surface area contributed by atoms with Crippen LogP contribution >= 0.6 is 39.1 Å². The van der Waals surface area contributed by atoms with Crippen LogP contribution in [-0.4, -0.2) is 25.2 Å². The van der Waals surface area contributed by atoms with Crippen LogP contribution in [0.5, 0.6) is 0 Å². The van der Waals surface area contributed by atoms with E-state index in [4.69, 9.17) is 23.2 Å². The van der Waals surface area contributed by atoms with Crippen LogP contribution in [0, 0.1) is 5.92 Å². The number of benzene rings is 1. The van der Waals surface area contributed by atoms with Gasteiger partial charge in [0.25, 0.3) is 10.0 Å². The van der Waals surface area contributed by atoms with Crippen LogP contribution in [0.15, 0.2) is 21.5 Å².